The number of rotatable bonds is 6. The van der Waals surface area contributed by atoms with Crippen LogP contribution in [0.1, 0.15) is 22.8 Å². The lowest BCUT2D eigenvalue weighted by Gasteiger charge is -2.12. The van der Waals surface area contributed by atoms with Crippen molar-refractivity contribution in [1.82, 2.24) is 0 Å². The molecule has 0 atom stereocenters. The third-order valence-electron chi connectivity index (χ3n) is 2.83. The van der Waals surface area contributed by atoms with Crippen LogP contribution in [0.25, 0.3) is 0 Å². The van der Waals surface area contributed by atoms with E-state index in [1.807, 2.05) is 13.0 Å². The van der Waals surface area contributed by atoms with Crippen molar-refractivity contribution >= 4 is 5.97 Å². The molecule has 0 fully saturated rings. The molecule has 0 aliphatic heterocycles. The number of hydrogen-bond acceptors (Lipinski definition) is 3. The predicted molar refractivity (Wildman–Crippen MR) is 75.3 cm³/mol. The van der Waals surface area contributed by atoms with Crippen LogP contribution in [-0.4, -0.2) is 17.7 Å². The largest absolute Gasteiger partial charge is 0.490 e. The third kappa shape index (κ3) is 3.72. The topological polar surface area (TPSA) is 55.8 Å². The molecule has 4 nitrogen and oxygen atoms in total. The molecule has 5 heteroatoms. The maximum Gasteiger partial charge on any atom is 0.336 e. The predicted octanol–water partition coefficient (Wildman–Crippen LogP) is 3.50. The number of carboxylic acids is 1. The Labute approximate surface area is 121 Å². The normalized spacial score (nSPS) is 10.2. The van der Waals surface area contributed by atoms with Gasteiger partial charge in [-0.3, -0.25) is 0 Å². The van der Waals surface area contributed by atoms with Crippen LogP contribution >= 0.6 is 0 Å². The molecule has 21 heavy (non-hydrogen) atoms. The zero-order valence-corrected chi connectivity index (χ0v) is 11.5. The summed E-state index contributed by atoms with van der Waals surface area (Å²) in [5, 5.41) is 9.08. The molecule has 0 bridgehead atoms. The average Bonchev–Trinajstić information content (AvgIpc) is 2.47. The summed E-state index contributed by atoms with van der Waals surface area (Å²) >= 11 is 0. The Morgan fingerprint density at radius 1 is 1.14 bits per heavy atom. The van der Waals surface area contributed by atoms with Gasteiger partial charge in [-0.25, -0.2) is 9.18 Å². The zero-order chi connectivity index (χ0) is 15.2. The minimum atomic E-state index is -1.19. The van der Waals surface area contributed by atoms with Gasteiger partial charge in [0, 0.05) is 5.56 Å². The van der Waals surface area contributed by atoms with E-state index >= 15 is 0 Å². The first-order chi connectivity index (χ1) is 10.1. The molecule has 0 saturated carbocycles. The Morgan fingerprint density at radius 2 is 1.81 bits per heavy atom. The first-order valence-corrected chi connectivity index (χ1v) is 6.48. The van der Waals surface area contributed by atoms with Crippen LogP contribution in [-0.2, 0) is 6.61 Å². The number of carboxylic acid groups (broad SMARTS) is 1. The average molecular weight is 290 g/mol. The van der Waals surface area contributed by atoms with Gasteiger partial charge >= 0.3 is 5.97 Å². The van der Waals surface area contributed by atoms with Crippen LogP contribution in [0.5, 0.6) is 11.5 Å². The fourth-order valence-electron chi connectivity index (χ4n) is 1.87. The zero-order valence-electron chi connectivity index (χ0n) is 11.5. The minimum absolute atomic E-state index is 0.0198. The number of carbonyl (C=O) groups is 1. The van der Waals surface area contributed by atoms with Crippen LogP contribution in [0.15, 0.2) is 42.5 Å². The molecule has 0 aliphatic carbocycles. The van der Waals surface area contributed by atoms with E-state index in [0.717, 1.165) is 6.07 Å². The fraction of sp³-hybridized carbons (Fsp3) is 0.188. The van der Waals surface area contributed by atoms with Crippen molar-refractivity contribution in [2.24, 2.45) is 0 Å². The molecule has 0 spiro atoms. The van der Waals surface area contributed by atoms with Crippen molar-refractivity contribution < 1.29 is 23.8 Å². The molecule has 0 aliphatic rings. The minimum Gasteiger partial charge on any atom is -0.490 e. The van der Waals surface area contributed by atoms with Crippen molar-refractivity contribution in [2.75, 3.05) is 6.61 Å². The summed E-state index contributed by atoms with van der Waals surface area (Å²) in [7, 11) is 0. The molecule has 0 heterocycles. The number of aromatic carboxylic acids is 1. The Hall–Kier alpha value is -2.56. The van der Waals surface area contributed by atoms with Crippen LogP contribution in [0.2, 0.25) is 0 Å². The quantitative estimate of drug-likeness (QED) is 0.884. The van der Waals surface area contributed by atoms with Gasteiger partial charge in [-0.15, -0.1) is 0 Å². The van der Waals surface area contributed by atoms with Gasteiger partial charge < -0.3 is 14.6 Å². The number of halogens is 1. The maximum atomic E-state index is 13.1. The molecule has 0 radical (unpaired) electrons. The van der Waals surface area contributed by atoms with Crippen LogP contribution in [0.3, 0.4) is 0 Å². The van der Waals surface area contributed by atoms with E-state index in [1.54, 1.807) is 18.2 Å². The Balaban J connectivity index is 2.19. The summed E-state index contributed by atoms with van der Waals surface area (Å²) in [5.41, 5.74) is 0.291. The molecular formula is C16H15FO4. The van der Waals surface area contributed by atoms with Crippen LogP contribution < -0.4 is 9.47 Å². The van der Waals surface area contributed by atoms with Gasteiger partial charge in [0.25, 0.3) is 0 Å². The van der Waals surface area contributed by atoms with Gasteiger partial charge in [0.1, 0.15) is 12.4 Å². The van der Waals surface area contributed by atoms with E-state index in [2.05, 4.69) is 0 Å². The summed E-state index contributed by atoms with van der Waals surface area (Å²) in [6.07, 6.45) is 0. The van der Waals surface area contributed by atoms with E-state index in [4.69, 9.17) is 14.6 Å². The molecule has 0 aromatic heterocycles. The van der Waals surface area contributed by atoms with Gasteiger partial charge in [-0.1, -0.05) is 18.2 Å². The lowest BCUT2D eigenvalue weighted by molar-refractivity contribution is 0.0693. The smallest absolute Gasteiger partial charge is 0.336 e. The lowest BCUT2D eigenvalue weighted by atomic mass is 10.1. The Bertz CT molecular complexity index is 640. The maximum absolute atomic E-state index is 13.1. The number of hydrogen-bond donors (Lipinski definition) is 1. The molecule has 2 rings (SSSR count). The molecular weight excluding hydrogens is 275 g/mol. The van der Waals surface area contributed by atoms with E-state index in [9.17, 15) is 9.18 Å². The first-order valence-electron chi connectivity index (χ1n) is 6.48. The van der Waals surface area contributed by atoms with Crippen molar-refractivity contribution in [1.29, 1.82) is 0 Å². The van der Waals surface area contributed by atoms with Gasteiger partial charge in [0.05, 0.1) is 12.2 Å². The van der Waals surface area contributed by atoms with Crippen molar-refractivity contribution in [3.63, 3.8) is 0 Å². The van der Waals surface area contributed by atoms with Crippen molar-refractivity contribution in [3.8, 4) is 11.5 Å². The Kier molecular flexibility index (Phi) is 4.77. The molecule has 1 N–H and O–H groups in total. The second kappa shape index (κ2) is 6.74. The molecule has 0 saturated heterocycles. The van der Waals surface area contributed by atoms with Gasteiger partial charge in [-0.05, 0) is 31.2 Å². The highest BCUT2D eigenvalue weighted by atomic mass is 19.1. The second-order valence-corrected chi connectivity index (χ2v) is 4.28. The highest BCUT2D eigenvalue weighted by Gasteiger charge is 2.12. The highest BCUT2D eigenvalue weighted by Crippen LogP contribution is 2.27. The summed E-state index contributed by atoms with van der Waals surface area (Å²) in [6.45, 7) is 2.38. The van der Waals surface area contributed by atoms with Gasteiger partial charge in [0.2, 0.25) is 0 Å². The molecule has 2 aromatic carbocycles. The fourth-order valence-corrected chi connectivity index (χ4v) is 1.87. The lowest BCUT2D eigenvalue weighted by Crippen LogP contribution is -2.07. The van der Waals surface area contributed by atoms with Gasteiger partial charge in [0.15, 0.2) is 11.5 Å². The monoisotopic (exact) mass is 290 g/mol. The third-order valence-corrected chi connectivity index (χ3v) is 2.83. The summed E-state index contributed by atoms with van der Waals surface area (Å²) in [6, 6.07) is 10.7. The standard InChI is InChI=1S/C16H15FO4/c1-2-20-14-5-3-4-6-15(14)21-10-11-7-8-12(17)9-13(11)16(18)19/h3-9H,2,10H2,1H3,(H,18,19). The van der Waals surface area contributed by atoms with E-state index in [0.29, 0.717) is 23.7 Å². The van der Waals surface area contributed by atoms with Crippen LogP contribution in [0.4, 0.5) is 4.39 Å². The summed E-state index contributed by atoms with van der Waals surface area (Å²) in [5.74, 6) is -0.684. The van der Waals surface area contributed by atoms with E-state index < -0.39 is 11.8 Å². The first kappa shape index (κ1) is 14.8. The highest BCUT2D eigenvalue weighted by molar-refractivity contribution is 5.89. The summed E-state index contributed by atoms with van der Waals surface area (Å²) < 4.78 is 24.1. The van der Waals surface area contributed by atoms with Crippen LogP contribution in [0, 0.1) is 5.82 Å². The van der Waals surface area contributed by atoms with E-state index in [1.165, 1.54) is 12.1 Å². The summed E-state index contributed by atoms with van der Waals surface area (Å²) in [4.78, 5) is 11.1. The molecule has 0 amide bonds. The SMILES string of the molecule is CCOc1ccccc1OCc1ccc(F)cc1C(=O)O. The van der Waals surface area contributed by atoms with E-state index in [-0.39, 0.29) is 12.2 Å². The van der Waals surface area contributed by atoms with Crippen molar-refractivity contribution in [3.05, 3.63) is 59.4 Å². The molecule has 2 aromatic rings. The molecule has 110 valence electrons. The number of ether oxygens (including phenoxy) is 2. The van der Waals surface area contributed by atoms with Crippen molar-refractivity contribution in [2.45, 2.75) is 13.5 Å². The molecule has 0 unspecified atom stereocenters. The second-order valence-electron chi connectivity index (χ2n) is 4.28. The number of benzene rings is 2. The number of para-hydroxylation sites is 2. The Morgan fingerprint density at radius 3 is 2.43 bits per heavy atom. The van der Waals surface area contributed by atoms with Gasteiger partial charge in [-0.2, -0.15) is 0 Å².